The molecule has 106 valence electrons. The molecule has 4 rings (SSSR count). The topological polar surface area (TPSA) is 32.3 Å². The summed E-state index contributed by atoms with van der Waals surface area (Å²) >= 11 is 0. The molecular weight excluding hydrogens is 248 g/mol. The SMILES string of the molecule is O=C([C@@H]1Cc2ccccc2N1)N(CC1CC1)CC1CC1. The molecular formula is C17H22N2O. The minimum atomic E-state index is -0.0371. The molecule has 1 amide bonds. The van der Waals surface area contributed by atoms with E-state index in [1.54, 1.807) is 0 Å². The molecule has 1 aromatic carbocycles. The normalized spacial score (nSPS) is 24.1. The Kier molecular flexibility index (Phi) is 2.94. The smallest absolute Gasteiger partial charge is 0.245 e. The second kappa shape index (κ2) is 4.80. The van der Waals surface area contributed by atoms with E-state index in [0.717, 1.165) is 37.0 Å². The van der Waals surface area contributed by atoms with Gasteiger partial charge in [-0.05, 0) is 49.1 Å². The van der Waals surface area contributed by atoms with Gasteiger partial charge < -0.3 is 10.2 Å². The molecule has 1 heterocycles. The summed E-state index contributed by atoms with van der Waals surface area (Å²) in [4.78, 5) is 15.0. The zero-order valence-corrected chi connectivity index (χ0v) is 11.8. The highest BCUT2D eigenvalue weighted by molar-refractivity contribution is 5.87. The molecule has 0 radical (unpaired) electrons. The van der Waals surface area contributed by atoms with Crippen LogP contribution in [-0.4, -0.2) is 29.9 Å². The maximum absolute atomic E-state index is 12.8. The Morgan fingerprint density at radius 2 is 1.75 bits per heavy atom. The Bertz CT molecular complexity index is 480. The lowest BCUT2D eigenvalue weighted by Gasteiger charge is -2.26. The van der Waals surface area contributed by atoms with Gasteiger partial charge in [0.05, 0.1) is 0 Å². The van der Waals surface area contributed by atoms with Crippen molar-refractivity contribution in [2.75, 3.05) is 18.4 Å². The fourth-order valence-electron chi connectivity index (χ4n) is 3.15. The van der Waals surface area contributed by atoms with Crippen LogP contribution in [0.3, 0.4) is 0 Å². The van der Waals surface area contributed by atoms with E-state index in [-0.39, 0.29) is 6.04 Å². The largest absolute Gasteiger partial charge is 0.373 e. The van der Waals surface area contributed by atoms with Gasteiger partial charge in [-0.15, -0.1) is 0 Å². The van der Waals surface area contributed by atoms with Crippen molar-refractivity contribution in [3.63, 3.8) is 0 Å². The van der Waals surface area contributed by atoms with E-state index >= 15 is 0 Å². The number of hydrogen-bond donors (Lipinski definition) is 1. The standard InChI is InChI=1S/C17H22N2O/c20-17(16-9-14-3-1-2-4-15(14)18-16)19(10-12-5-6-12)11-13-7-8-13/h1-4,12-13,16,18H,5-11H2/t16-/m0/s1. The van der Waals surface area contributed by atoms with Crippen molar-refractivity contribution in [3.8, 4) is 0 Å². The van der Waals surface area contributed by atoms with Gasteiger partial charge in [0.25, 0.3) is 0 Å². The first-order chi connectivity index (χ1) is 9.79. The Labute approximate surface area is 120 Å². The highest BCUT2D eigenvalue weighted by Crippen LogP contribution is 2.35. The Morgan fingerprint density at radius 1 is 1.10 bits per heavy atom. The lowest BCUT2D eigenvalue weighted by molar-refractivity contribution is -0.132. The van der Waals surface area contributed by atoms with Crippen molar-refractivity contribution in [2.45, 2.75) is 38.1 Å². The van der Waals surface area contributed by atoms with E-state index in [1.165, 1.54) is 31.2 Å². The number of benzene rings is 1. The van der Waals surface area contributed by atoms with Gasteiger partial charge in [-0.25, -0.2) is 0 Å². The summed E-state index contributed by atoms with van der Waals surface area (Å²) in [5.74, 6) is 1.88. The van der Waals surface area contributed by atoms with Crippen LogP contribution in [0.25, 0.3) is 0 Å². The second-order valence-electron chi connectivity index (χ2n) is 6.69. The third-order valence-electron chi connectivity index (χ3n) is 4.73. The number of carbonyl (C=O) groups excluding carboxylic acids is 1. The van der Waals surface area contributed by atoms with E-state index in [0.29, 0.717) is 5.91 Å². The van der Waals surface area contributed by atoms with E-state index in [4.69, 9.17) is 0 Å². The molecule has 2 fully saturated rings. The first kappa shape index (κ1) is 12.2. The van der Waals surface area contributed by atoms with E-state index in [1.807, 2.05) is 6.07 Å². The zero-order chi connectivity index (χ0) is 13.5. The van der Waals surface area contributed by atoms with Crippen LogP contribution < -0.4 is 5.32 Å². The highest BCUT2D eigenvalue weighted by Gasteiger charge is 2.35. The van der Waals surface area contributed by atoms with Crippen LogP contribution in [-0.2, 0) is 11.2 Å². The number of nitrogens with one attached hydrogen (secondary N) is 1. The fraction of sp³-hybridized carbons (Fsp3) is 0.588. The summed E-state index contributed by atoms with van der Waals surface area (Å²) in [6.45, 7) is 1.98. The summed E-state index contributed by atoms with van der Waals surface area (Å²) in [7, 11) is 0. The first-order valence-corrected chi connectivity index (χ1v) is 7.93. The molecule has 20 heavy (non-hydrogen) atoms. The number of anilines is 1. The predicted octanol–water partition coefficient (Wildman–Crippen LogP) is 2.67. The van der Waals surface area contributed by atoms with Gasteiger partial charge in [0.1, 0.15) is 6.04 Å². The molecule has 0 spiro atoms. The third-order valence-corrected chi connectivity index (χ3v) is 4.73. The Hall–Kier alpha value is -1.51. The zero-order valence-electron chi connectivity index (χ0n) is 11.8. The molecule has 0 aromatic heterocycles. The molecule has 1 atom stereocenters. The molecule has 1 aromatic rings. The van der Waals surface area contributed by atoms with Crippen LogP contribution >= 0.6 is 0 Å². The summed E-state index contributed by atoms with van der Waals surface area (Å²) in [6, 6.07) is 8.26. The quantitative estimate of drug-likeness (QED) is 0.892. The van der Waals surface area contributed by atoms with E-state index in [2.05, 4.69) is 28.4 Å². The van der Waals surface area contributed by atoms with Crippen molar-refractivity contribution in [2.24, 2.45) is 11.8 Å². The van der Waals surface area contributed by atoms with Crippen LogP contribution in [0.1, 0.15) is 31.2 Å². The molecule has 3 nitrogen and oxygen atoms in total. The minimum absolute atomic E-state index is 0.0371. The molecule has 1 N–H and O–H groups in total. The van der Waals surface area contributed by atoms with Gasteiger partial charge in [-0.2, -0.15) is 0 Å². The van der Waals surface area contributed by atoms with Gasteiger partial charge >= 0.3 is 0 Å². The molecule has 0 saturated heterocycles. The minimum Gasteiger partial charge on any atom is -0.373 e. The summed E-state index contributed by atoms with van der Waals surface area (Å²) in [6.07, 6.45) is 6.10. The van der Waals surface area contributed by atoms with Crippen LogP contribution in [0, 0.1) is 11.8 Å². The van der Waals surface area contributed by atoms with Crippen molar-refractivity contribution in [1.82, 2.24) is 4.90 Å². The molecule has 3 heteroatoms. The molecule has 0 bridgehead atoms. The number of rotatable bonds is 5. The van der Waals surface area contributed by atoms with Crippen LogP contribution in [0.15, 0.2) is 24.3 Å². The third kappa shape index (κ3) is 2.54. The summed E-state index contributed by atoms with van der Waals surface area (Å²) in [5, 5.41) is 3.41. The fourth-order valence-corrected chi connectivity index (χ4v) is 3.15. The van der Waals surface area contributed by atoms with Crippen molar-refractivity contribution < 1.29 is 4.79 Å². The van der Waals surface area contributed by atoms with E-state index in [9.17, 15) is 4.79 Å². The molecule has 1 aliphatic heterocycles. The van der Waals surface area contributed by atoms with Gasteiger partial charge in [-0.3, -0.25) is 4.79 Å². The van der Waals surface area contributed by atoms with Gasteiger partial charge in [-0.1, -0.05) is 18.2 Å². The van der Waals surface area contributed by atoms with Crippen LogP contribution in [0.4, 0.5) is 5.69 Å². The Morgan fingerprint density at radius 3 is 2.35 bits per heavy atom. The molecule has 0 unspecified atom stereocenters. The maximum Gasteiger partial charge on any atom is 0.245 e. The number of para-hydroxylation sites is 1. The highest BCUT2D eigenvalue weighted by atomic mass is 16.2. The molecule has 3 aliphatic rings. The average Bonchev–Trinajstić information content (AvgIpc) is 3.37. The number of amides is 1. The lowest BCUT2D eigenvalue weighted by Crippen LogP contribution is -2.44. The first-order valence-electron chi connectivity index (χ1n) is 7.93. The predicted molar refractivity (Wildman–Crippen MR) is 79.6 cm³/mol. The van der Waals surface area contributed by atoms with Gasteiger partial charge in [0.15, 0.2) is 0 Å². The number of fused-ring (bicyclic) bond motifs is 1. The molecule has 2 saturated carbocycles. The lowest BCUT2D eigenvalue weighted by atomic mass is 10.1. The monoisotopic (exact) mass is 270 g/mol. The van der Waals surface area contributed by atoms with Crippen molar-refractivity contribution in [1.29, 1.82) is 0 Å². The van der Waals surface area contributed by atoms with Gasteiger partial charge in [0.2, 0.25) is 5.91 Å². The van der Waals surface area contributed by atoms with Crippen molar-refractivity contribution in [3.05, 3.63) is 29.8 Å². The summed E-state index contributed by atoms with van der Waals surface area (Å²) < 4.78 is 0. The van der Waals surface area contributed by atoms with E-state index < -0.39 is 0 Å². The molecule has 2 aliphatic carbocycles. The van der Waals surface area contributed by atoms with Crippen LogP contribution in [0.5, 0.6) is 0 Å². The van der Waals surface area contributed by atoms with Crippen LogP contribution in [0.2, 0.25) is 0 Å². The number of hydrogen-bond acceptors (Lipinski definition) is 2. The number of carbonyl (C=O) groups is 1. The average molecular weight is 270 g/mol. The number of nitrogens with zero attached hydrogens (tertiary/aromatic N) is 1. The Balaban J connectivity index is 1.44. The van der Waals surface area contributed by atoms with Crippen molar-refractivity contribution >= 4 is 11.6 Å². The second-order valence-corrected chi connectivity index (χ2v) is 6.69. The maximum atomic E-state index is 12.8. The van der Waals surface area contributed by atoms with Gasteiger partial charge in [0, 0.05) is 25.2 Å². The summed E-state index contributed by atoms with van der Waals surface area (Å²) in [5.41, 5.74) is 2.42.